The first kappa shape index (κ1) is 24.3. The van der Waals surface area contributed by atoms with E-state index >= 15 is 0 Å². The van der Waals surface area contributed by atoms with Gasteiger partial charge in [0, 0.05) is 0 Å². The fourth-order valence-electron chi connectivity index (χ4n) is 2.62. The van der Waals surface area contributed by atoms with Crippen molar-refractivity contribution in [3.05, 3.63) is 23.0 Å². The molecule has 7 N–H and O–H groups in total. The van der Waals surface area contributed by atoms with Gasteiger partial charge < -0.3 is 39.5 Å². The second kappa shape index (κ2) is 8.53. The van der Waals surface area contributed by atoms with E-state index in [1.54, 1.807) is 0 Å². The van der Waals surface area contributed by atoms with Crippen LogP contribution in [-0.2, 0) is 31.6 Å². The Labute approximate surface area is 170 Å². The van der Waals surface area contributed by atoms with Crippen molar-refractivity contribution in [2.24, 2.45) is 0 Å². The molecule has 3 heterocycles. The van der Waals surface area contributed by atoms with Gasteiger partial charge in [-0.3, -0.25) is 13.9 Å². The molecule has 2 aromatic heterocycles. The maximum atomic E-state index is 11.8. The van der Waals surface area contributed by atoms with E-state index in [1.165, 1.54) is 0 Å². The SMILES string of the molecule is O=c1[nH]cnc2c1ncn2[C@@H]1O[C@@H](COP(=O)(O)OP(=O)(O)OP(=O)(O)O)[C@@H](O)[C@@H]1O. The standard InChI is InChI=1S/C10H15N4O14P3/c15-6-4(1-25-30(21,22)28-31(23,24)27-29(18,19)20)26-10(7(6)16)14-3-13-5-8(14)11-2-12-9(5)17/h2-4,6-7,10,15-16H,1H2,(H,21,22)(H,23,24)(H,11,12,17)(H2,18,19,20)/t4-,6+,7-,10+/m0/s1. The number of ether oxygens (including phenoxy) is 1. The van der Waals surface area contributed by atoms with Gasteiger partial charge in [0.25, 0.3) is 5.56 Å². The lowest BCUT2D eigenvalue weighted by Gasteiger charge is -2.19. The number of aromatic nitrogens is 4. The molecule has 0 aliphatic carbocycles. The van der Waals surface area contributed by atoms with Gasteiger partial charge in [-0.25, -0.2) is 23.7 Å². The fraction of sp³-hybridized carbons (Fsp3) is 0.500. The van der Waals surface area contributed by atoms with E-state index in [4.69, 9.17) is 19.4 Å². The molecular formula is C10H15N4O14P3. The summed E-state index contributed by atoms with van der Waals surface area (Å²) in [5, 5.41) is 20.3. The summed E-state index contributed by atoms with van der Waals surface area (Å²) < 4.78 is 51.6. The van der Waals surface area contributed by atoms with Crippen LogP contribution >= 0.6 is 23.5 Å². The Bertz CT molecular complexity index is 1160. The van der Waals surface area contributed by atoms with Crippen LogP contribution in [0.2, 0.25) is 0 Å². The summed E-state index contributed by atoms with van der Waals surface area (Å²) in [4.78, 5) is 57.2. The van der Waals surface area contributed by atoms with E-state index in [2.05, 4.69) is 28.1 Å². The van der Waals surface area contributed by atoms with Crippen LogP contribution in [0.5, 0.6) is 0 Å². The topological polar surface area (TPSA) is 273 Å². The van der Waals surface area contributed by atoms with Crippen LogP contribution < -0.4 is 5.56 Å². The van der Waals surface area contributed by atoms with Crippen molar-refractivity contribution in [3.63, 3.8) is 0 Å². The van der Waals surface area contributed by atoms with Crippen molar-refractivity contribution in [1.82, 2.24) is 19.5 Å². The maximum absolute atomic E-state index is 11.8. The highest BCUT2D eigenvalue weighted by atomic mass is 31.3. The number of phosphoric acid groups is 3. The minimum absolute atomic E-state index is 0.00599. The van der Waals surface area contributed by atoms with Crippen molar-refractivity contribution in [1.29, 1.82) is 0 Å². The van der Waals surface area contributed by atoms with Gasteiger partial charge in [-0.05, 0) is 0 Å². The minimum Gasteiger partial charge on any atom is -0.387 e. The molecule has 18 nitrogen and oxygen atoms in total. The van der Waals surface area contributed by atoms with E-state index in [0.29, 0.717) is 0 Å². The number of nitrogens with zero attached hydrogens (tertiary/aromatic N) is 3. The summed E-state index contributed by atoms with van der Waals surface area (Å²) in [5.41, 5.74) is -0.681. The van der Waals surface area contributed by atoms with Gasteiger partial charge in [-0.2, -0.15) is 8.62 Å². The van der Waals surface area contributed by atoms with Crippen molar-refractivity contribution in [2.75, 3.05) is 6.61 Å². The molecule has 3 rings (SSSR count). The Balaban J connectivity index is 1.70. The molecule has 0 aromatic carbocycles. The van der Waals surface area contributed by atoms with Gasteiger partial charge in [0.1, 0.15) is 18.3 Å². The smallest absolute Gasteiger partial charge is 0.387 e. The monoisotopic (exact) mass is 508 g/mol. The number of phosphoric ester groups is 1. The summed E-state index contributed by atoms with van der Waals surface area (Å²) in [6.07, 6.45) is -4.05. The highest BCUT2D eigenvalue weighted by molar-refractivity contribution is 7.66. The van der Waals surface area contributed by atoms with E-state index in [1.807, 2.05) is 0 Å². The minimum atomic E-state index is -5.72. The van der Waals surface area contributed by atoms with Crippen molar-refractivity contribution >= 4 is 34.6 Å². The Kier molecular flexibility index (Phi) is 6.68. The third kappa shape index (κ3) is 5.71. The van der Waals surface area contributed by atoms with Crippen LogP contribution in [0.3, 0.4) is 0 Å². The maximum Gasteiger partial charge on any atom is 0.490 e. The van der Waals surface area contributed by atoms with Crippen molar-refractivity contribution < 1.29 is 61.4 Å². The molecule has 0 bridgehead atoms. The molecule has 2 aromatic rings. The normalized spacial score (nSPS) is 28.5. The van der Waals surface area contributed by atoms with E-state index < -0.39 is 60.2 Å². The van der Waals surface area contributed by atoms with Gasteiger partial charge in [0.05, 0.1) is 19.3 Å². The first-order valence-electron chi connectivity index (χ1n) is 7.89. The summed E-state index contributed by atoms with van der Waals surface area (Å²) in [6, 6.07) is 0. The number of rotatable bonds is 8. The molecule has 1 fully saturated rings. The van der Waals surface area contributed by atoms with Gasteiger partial charge >= 0.3 is 23.5 Å². The molecule has 0 saturated carbocycles. The molecule has 2 unspecified atom stereocenters. The van der Waals surface area contributed by atoms with Crippen molar-refractivity contribution in [3.8, 4) is 0 Å². The number of hydrogen-bond donors (Lipinski definition) is 7. The average molecular weight is 508 g/mol. The summed E-state index contributed by atoms with van der Waals surface area (Å²) in [7, 11) is -16.7. The number of aliphatic hydroxyl groups excluding tert-OH is 2. The van der Waals surface area contributed by atoms with E-state index in [-0.39, 0.29) is 11.2 Å². The third-order valence-electron chi connectivity index (χ3n) is 3.79. The number of hydrogen-bond acceptors (Lipinski definition) is 12. The first-order valence-corrected chi connectivity index (χ1v) is 12.4. The second-order valence-corrected chi connectivity index (χ2v) is 10.4. The van der Waals surface area contributed by atoms with Crippen molar-refractivity contribution in [2.45, 2.75) is 24.5 Å². The lowest BCUT2D eigenvalue weighted by Crippen LogP contribution is -2.33. The van der Waals surface area contributed by atoms with Crippen LogP contribution in [-0.4, -0.2) is 74.2 Å². The first-order chi connectivity index (χ1) is 14.2. The highest BCUT2D eigenvalue weighted by Crippen LogP contribution is 2.66. The number of aromatic amines is 1. The molecular weight excluding hydrogens is 493 g/mol. The van der Waals surface area contributed by atoms with Gasteiger partial charge in [-0.15, -0.1) is 0 Å². The summed E-state index contributed by atoms with van der Waals surface area (Å²) >= 11 is 0. The molecule has 31 heavy (non-hydrogen) atoms. The van der Waals surface area contributed by atoms with E-state index in [0.717, 1.165) is 17.2 Å². The predicted octanol–water partition coefficient (Wildman–Crippen LogP) is -1.92. The predicted molar refractivity (Wildman–Crippen MR) is 93.9 cm³/mol. The fourth-order valence-corrected chi connectivity index (χ4v) is 5.65. The molecule has 1 aliphatic rings. The van der Waals surface area contributed by atoms with Crippen LogP contribution in [0, 0.1) is 0 Å². The number of H-pyrrole nitrogens is 1. The van der Waals surface area contributed by atoms with Crippen LogP contribution in [0.4, 0.5) is 0 Å². The molecule has 0 amide bonds. The number of fused-ring (bicyclic) bond motifs is 1. The zero-order valence-corrected chi connectivity index (χ0v) is 17.5. The van der Waals surface area contributed by atoms with Gasteiger partial charge in [-0.1, -0.05) is 0 Å². The molecule has 0 spiro atoms. The lowest BCUT2D eigenvalue weighted by atomic mass is 10.1. The van der Waals surface area contributed by atoms with Gasteiger partial charge in [0.15, 0.2) is 17.4 Å². The number of nitrogens with one attached hydrogen (secondary N) is 1. The molecule has 6 atom stereocenters. The molecule has 21 heteroatoms. The Morgan fingerprint density at radius 3 is 2.39 bits per heavy atom. The lowest BCUT2D eigenvalue weighted by molar-refractivity contribution is -0.0503. The third-order valence-corrected chi connectivity index (χ3v) is 7.60. The zero-order valence-electron chi connectivity index (χ0n) is 14.8. The van der Waals surface area contributed by atoms with E-state index in [9.17, 15) is 33.6 Å². The summed E-state index contributed by atoms with van der Waals surface area (Å²) in [5.74, 6) is 0. The van der Waals surface area contributed by atoms with Crippen LogP contribution in [0.25, 0.3) is 11.2 Å². The average Bonchev–Trinajstić information content (AvgIpc) is 3.13. The molecule has 1 saturated heterocycles. The molecule has 174 valence electrons. The Hall–Kier alpha value is -1.36. The Morgan fingerprint density at radius 2 is 1.74 bits per heavy atom. The Morgan fingerprint density at radius 1 is 1.06 bits per heavy atom. The number of aliphatic hydroxyl groups is 2. The number of imidazole rings is 1. The van der Waals surface area contributed by atoms with Gasteiger partial charge in [0.2, 0.25) is 0 Å². The zero-order chi connectivity index (χ0) is 23.2. The second-order valence-electron chi connectivity index (χ2n) is 5.99. The van der Waals surface area contributed by atoms with Crippen LogP contribution in [0.15, 0.2) is 17.4 Å². The summed E-state index contributed by atoms with van der Waals surface area (Å²) in [6.45, 7) is -0.987. The largest absolute Gasteiger partial charge is 0.490 e. The molecule has 0 radical (unpaired) electrons. The quantitative estimate of drug-likeness (QED) is 0.191. The highest BCUT2D eigenvalue weighted by Gasteiger charge is 2.47. The molecule has 1 aliphatic heterocycles. The van der Waals surface area contributed by atoms with Crippen LogP contribution in [0.1, 0.15) is 6.23 Å².